The highest BCUT2D eigenvalue weighted by atomic mass is 16.4. The maximum atomic E-state index is 14.5. The van der Waals surface area contributed by atoms with Crippen LogP contribution >= 0.6 is 0 Å². The van der Waals surface area contributed by atoms with Crippen LogP contribution < -0.4 is 0 Å². The van der Waals surface area contributed by atoms with E-state index in [1.807, 2.05) is 0 Å². The van der Waals surface area contributed by atoms with Gasteiger partial charge in [-0.25, -0.2) is 0 Å². The van der Waals surface area contributed by atoms with Crippen molar-refractivity contribution in [2.45, 2.75) is 131 Å². The summed E-state index contributed by atoms with van der Waals surface area (Å²) in [6.45, 7) is 21.5. The molecule has 0 bridgehead atoms. The van der Waals surface area contributed by atoms with E-state index in [0.717, 1.165) is 38.8 Å². The first kappa shape index (κ1) is 29.7. The summed E-state index contributed by atoms with van der Waals surface area (Å²) < 4.78 is 0. The predicted molar refractivity (Wildman–Crippen MR) is 165 cm³/mol. The lowest BCUT2D eigenvalue weighted by Gasteiger charge is -2.73. The van der Waals surface area contributed by atoms with Crippen molar-refractivity contribution in [2.75, 3.05) is 13.1 Å². The zero-order chi connectivity index (χ0) is 29.6. The van der Waals surface area contributed by atoms with Gasteiger partial charge in [-0.1, -0.05) is 46.8 Å². The summed E-state index contributed by atoms with van der Waals surface area (Å²) in [6.07, 6.45) is 15.6. The van der Waals surface area contributed by atoms with Crippen LogP contribution in [0.15, 0.2) is 12.2 Å². The fourth-order valence-corrected chi connectivity index (χ4v) is 13.6. The molecule has 1 amide bonds. The molecule has 1 heterocycles. The smallest absolute Gasteiger partial charge is 0.303 e. The molecule has 0 aromatic rings. The average Bonchev–Trinajstić information content (AvgIpc) is 3.32. The van der Waals surface area contributed by atoms with Gasteiger partial charge < -0.3 is 10.0 Å². The van der Waals surface area contributed by atoms with Gasteiger partial charge in [0.25, 0.3) is 0 Å². The number of carbonyl (C=O) groups excluding carboxylic acids is 1. The molecule has 0 aromatic heterocycles. The number of fused-ring (bicyclic) bond motifs is 7. The summed E-state index contributed by atoms with van der Waals surface area (Å²) in [6, 6.07) is 0. The lowest BCUT2D eigenvalue weighted by Crippen LogP contribution is -2.67. The van der Waals surface area contributed by atoms with Crippen LogP contribution in [0, 0.1) is 62.6 Å². The van der Waals surface area contributed by atoms with Crippen molar-refractivity contribution in [3.05, 3.63) is 12.2 Å². The van der Waals surface area contributed by atoms with Gasteiger partial charge in [-0.15, -0.1) is 0 Å². The second-order valence-corrected chi connectivity index (χ2v) is 17.3. The quantitative estimate of drug-likeness (QED) is 0.347. The second-order valence-electron chi connectivity index (χ2n) is 17.3. The van der Waals surface area contributed by atoms with Crippen LogP contribution in [0.4, 0.5) is 0 Å². The molecule has 0 unspecified atom stereocenters. The molecule has 1 saturated heterocycles. The molecule has 4 nitrogen and oxygen atoms in total. The molecule has 5 aliphatic carbocycles. The van der Waals surface area contributed by atoms with Crippen LogP contribution in [0.25, 0.3) is 0 Å². The average molecular weight is 566 g/mol. The van der Waals surface area contributed by atoms with Gasteiger partial charge >= 0.3 is 5.97 Å². The van der Waals surface area contributed by atoms with Crippen LogP contribution in [0.3, 0.4) is 0 Å². The minimum absolute atomic E-state index is 0.0591. The van der Waals surface area contributed by atoms with E-state index in [0.29, 0.717) is 41.9 Å². The molecule has 230 valence electrons. The van der Waals surface area contributed by atoms with Crippen LogP contribution in [0.2, 0.25) is 0 Å². The lowest BCUT2D eigenvalue weighted by atomic mass is 9.31. The Bertz CT molecular complexity index is 1090. The molecule has 5 saturated carbocycles. The summed E-state index contributed by atoms with van der Waals surface area (Å²) in [5, 5.41) is 9.69. The number of nitrogens with zero attached hydrogens (tertiary/aromatic N) is 1. The van der Waals surface area contributed by atoms with Gasteiger partial charge in [-0.3, -0.25) is 9.59 Å². The van der Waals surface area contributed by atoms with Crippen LogP contribution in [0.1, 0.15) is 131 Å². The highest BCUT2D eigenvalue weighted by Gasteiger charge is 2.72. The number of piperidine rings is 1. The summed E-state index contributed by atoms with van der Waals surface area (Å²) >= 11 is 0. The fourth-order valence-electron chi connectivity index (χ4n) is 13.6. The molecule has 6 fully saturated rings. The molecule has 0 spiro atoms. The maximum absolute atomic E-state index is 14.5. The molecule has 4 heteroatoms. The SMILES string of the molecule is C=C(C)[C@@H]1CC[C@]2(C(=O)N3CCCCC3)CC[C@]3(C)[C@H](CC[C@@H]4[C@]5(C)CC[C@@H](CC(=O)O)C(C)(C)[C@H]5CC[C@]43C)[C@@H]12. The zero-order valence-electron chi connectivity index (χ0n) is 27.2. The third-order valence-corrected chi connectivity index (χ3v) is 15.8. The van der Waals surface area contributed by atoms with E-state index in [9.17, 15) is 14.7 Å². The number of allylic oxidation sites excluding steroid dienone is 1. The lowest BCUT2D eigenvalue weighted by molar-refractivity contribution is -0.243. The van der Waals surface area contributed by atoms with Gasteiger partial charge in [-0.05, 0) is 148 Å². The molecule has 10 atom stereocenters. The van der Waals surface area contributed by atoms with Gasteiger partial charge in [0, 0.05) is 19.5 Å². The van der Waals surface area contributed by atoms with E-state index in [4.69, 9.17) is 0 Å². The molecule has 1 N–H and O–H groups in total. The normalized spacial score (nSPS) is 48.8. The number of carboxylic acid groups (broad SMARTS) is 1. The number of aliphatic carboxylic acids is 1. The van der Waals surface area contributed by atoms with Crippen molar-refractivity contribution >= 4 is 11.9 Å². The van der Waals surface area contributed by atoms with E-state index >= 15 is 0 Å². The number of rotatable bonds is 4. The number of carbonyl (C=O) groups is 2. The number of hydrogen-bond acceptors (Lipinski definition) is 2. The highest BCUT2D eigenvalue weighted by Crippen LogP contribution is 2.78. The van der Waals surface area contributed by atoms with Gasteiger partial charge in [0.15, 0.2) is 0 Å². The van der Waals surface area contributed by atoms with E-state index < -0.39 is 5.97 Å². The Hall–Kier alpha value is -1.32. The first-order valence-electron chi connectivity index (χ1n) is 17.4. The van der Waals surface area contributed by atoms with Gasteiger partial charge in [0.1, 0.15) is 0 Å². The maximum Gasteiger partial charge on any atom is 0.303 e. The number of likely N-dealkylation sites (tertiary alicyclic amines) is 1. The minimum Gasteiger partial charge on any atom is -0.481 e. The van der Waals surface area contributed by atoms with Gasteiger partial charge in [0.05, 0.1) is 5.41 Å². The molecule has 6 aliphatic rings. The van der Waals surface area contributed by atoms with Crippen LogP contribution in [-0.2, 0) is 9.59 Å². The number of hydrogen-bond donors (Lipinski definition) is 1. The van der Waals surface area contributed by atoms with Gasteiger partial charge in [-0.2, -0.15) is 0 Å². The third-order valence-electron chi connectivity index (χ3n) is 15.8. The second kappa shape index (κ2) is 9.85. The molecule has 41 heavy (non-hydrogen) atoms. The van der Waals surface area contributed by atoms with Crippen molar-refractivity contribution in [2.24, 2.45) is 62.6 Å². The fraction of sp³-hybridized carbons (Fsp3) is 0.892. The molecule has 6 rings (SSSR count). The monoisotopic (exact) mass is 565 g/mol. The van der Waals surface area contributed by atoms with Crippen molar-refractivity contribution in [1.29, 1.82) is 0 Å². The van der Waals surface area contributed by atoms with Crippen LogP contribution in [-0.4, -0.2) is 35.0 Å². The van der Waals surface area contributed by atoms with Crippen molar-refractivity contribution in [3.63, 3.8) is 0 Å². The molecule has 1 aliphatic heterocycles. The van der Waals surface area contributed by atoms with E-state index in [-0.39, 0.29) is 33.0 Å². The Morgan fingerprint density at radius 2 is 1.51 bits per heavy atom. The predicted octanol–water partition coefficient (Wildman–Crippen LogP) is 8.75. The van der Waals surface area contributed by atoms with E-state index in [1.165, 1.54) is 63.4 Å². The molecule has 0 radical (unpaired) electrons. The third kappa shape index (κ3) is 4.03. The summed E-state index contributed by atoms with van der Waals surface area (Å²) in [7, 11) is 0. The van der Waals surface area contributed by atoms with E-state index in [1.54, 1.807) is 0 Å². The Kier molecular flexibility index (Phi) is 7.14. The molecular formula is C37H59NO3. The van der Waals surface area contributed by atoms with Crippen molar-refractivity contribution < 1.29 is 14.7 Å². The largest absolute Gasteiger partial charge is 0.481 e. The van der Waals surface area contributed by atoms with Crippen LogP contribution in [0.5, 0.6) is 0 Å². The summed E-state index contributed by atoms with van der Waals surface area (Å²) in [5.41, 5.74) is 1.96. The summed E-state index contributed by atoms with van der Waals surface area (Å²) in [4.78, 5) is 28.6. The Labute approximate surface area is 250 Å². The zero-order valence-corrected chi connectivity index (χ0v) is 27.2. The Balaban J connectivity index is 1.35. The summed E-state index contributed by atoms with van der Waals surface area (Å²) in [5.74, 6) is 2.93. The molecule has 0 aromatic carbocycles. The molecular weight excluding hydrogens is 506 g/mol. The topological polar surface area (TPSA) is 57.6 Å². The number of amides is 1. The first-order chi connectivity index (χ1) is 19.2. The minimum atomic E-state index is -0.631. The Morgan fingerprint density at radius 3 is 2.17 bits per heavy atom. The Morgan fingerprint density at radius 1 is 0.805 bits per heavy atom. The van der Waals surface area contributed by atoms with E-state index in [2.05, 4.69) is 53.0 Å². The van der Waals surface area contributed by atoms with Crippen molar-refractivity contribution in [1.82, 2.24) is 4.90 Å². The highest BCUT2D eigenvalue weighted by molar-refractivity contribution is 5.84. The number of carboxylic acids is 1. The van der Waals surface area contributed by atoms with Gasteiger partial charge in [0.2, 0.25) is 5.91 Å². The van der Waals surface area contributed by atoms with Crippen molar-refractivity contribution in [3.8, 4) is 0 Å². The standard InChI is InChI=1S/C37H59NO3/c1-24(2)26-14-18-37(32(41)38-21-9-8-10-22-38)20-19-35(6)27(31(26)37)11-12-29-34(5)16-13-25(23-30(39)40)33(3,4)28(34)15-17-36(29,35)7/h25-29,31H,1,8-23H2,2-7H3,(H,39,40)/t25-,26-,27+,28+,29+,31+,34+,35+,36+,37-/m0/s1. The first-order valence-corrected chi connectivity index (χ1v) is 17.4.